The van der Waals surface area contributed by atoms with Crippen molar-refractivity contribution in [3.63, 3.8) is 0 Å². The van der Waals surface area contributed by atoms with E-state index in [1.54, 1.807) is 6.08 Å². The topological polar surface area (TPSA) is 26.3 Å². The van der Waals surface area contributed by atoms with Gasteiger partial charge in [0.15, 0.2) is 0 Å². The van der Waals surface area contributed by atoms with Crippen LogP contribution in [0.1, 0.15) is 45.6 Å². The predicted molar refractivity (Wildman–Crippen MR) is 86.7 cm³/mol. The lowest BCUT2D eigenvalue weighted by atomic mass is 9.75. The first-order valence-electron chi connectivity index (χ1n) is 7.98. The highest BCUT2D eigenvalue weighted by molar-refractivity contribution is 5.87. The van der Waals surface area contributed by atoms with Crippen molar-refractivity contribution in [2.24, 2.45) is 17.8 Å². The molecule has 2 rings (SSSR count). The first kappa shape index (κ1) is 15.8. The molecule has 0 aromatic heterocycles. The zero-order valence-corrected chi connectivity index (χ0v) is 13.3. The summed E-state index contributed by atoms with van der Waals surface area (Å²) in [5, 5.41) is 0. The second-order valence-electron chi connectivity index (χ2n) is 6.62. The van der Waals surface area contributed by atoms with Gasteiger partial charge in [-0.3, -0.25) is 0 Å². The molecular weight excluding hydrogens is 260 g/mol. The Bertz CT molecular complexity index is 476. The molecule has 1 aromatic carbocycles. The molecule has 0 radical (unpaired) electrons. The number of hydrogen-bond acceptors (Lipinski definition) is 2. The highest BCUT2D eigenvalue weighted by Gasteiger charge is 2.30. The SMILES string of the molecule is CC(C)[C@@H]1C[C@H](C)C[C@H](OC(=O)/C=C\c2ccccc2)C1. The van der Waals surface area contributed by atoms with E-state index < -0.39 is 0 Å². The van der Waals surface area contributed by atoms with Gasteiger partial charge in [-0.25, -0.2) is 4.79 Å². The van der Waals surface area contributed by atoms with Gasteiger partial charge in [-0.1, -0.05) is 51.1 Å². The molecule has 0 aliphatic heterocycles. The number of ether oxygens (including phenoxy) is 1. The summed E-state index contributed by atoms with van der Waals surface area (Å²) in [7, 11) is 0. The maximum atomic E-state index is 12.0. The first-order chi connectivity index (χ1) is 10.0. The molecule has 0 heterocycles. The molecule has 2 heteroatoms. The van der Waals surface area contributed by atoms with E-state index in [1.165, 1.54) is 6.42 Å². The van der Waals surface area contributed by atoms with Gasteiger partial charge in [0.05, 0.1) is 0 Å². The second-order valence-corrected chi connectivity index (χ2v) is 6.62. The normalized spacial score (nSPS) is 26.2. The van der Waals surface area contributed by atoms with Crippen molar-refractivity contribution >= 4 is 12.0 Å². The molecule has 1 fully saturated rings. The number of carbonyl (C=O) groups is 1. The highest BCUT2D eigenvalue weighted by Crippen LogP contribution is 2.35. The average molecular weight is 286 g/mol. The van der Waals surface area contributed by atoms with Crippen molar-refractivity contribution in [2.45, 2.75) is 46.1 Å². The quantitative estimate of drug-likeness (QED) is 0.592. The van der Waals surface area contributed by atoms with Crippen LogP contribution >= 0.6 is 0 Å². The van der Waals surface area contributed by atoms with E-state index in [9.17, 15) is 4.79 Å². The third-order valence-corrected chi connectivity index (χ3v) is 4.37. The molecule has 2 nitrogen and oxygen atoms in total. The maximum Gasteiger partial charge on any atom is 0.331 e. The van der Waals surface area contributed by atoms with Crippen LogP contribution in [0.2, 0.25) is 0 Å². The molecule has 1 aliphatic rings. The average Bonchev–Trinajstić information content (AvgIpc) is 2.45. The lowest BCUT2D eigenvalue weighted by Gasteiger charge is -2.34. The van der Waals surface area contributed by atoms with Crippen LogP contribution in [-0.4, -0.2) is 12.1 Å². The number of hydrogen-bond donors (Lipinski definition) is 0. The zero-order chi connectivity index (χ0) is 15.2. The Morgan fingerprint density at radius 1 is 1.19 bits per heavy atom. The summed E-state index contributed by atoms with van der Waals surface area (Å²) in [6.07, 6.45) is 6.69. The maximum absolute atomic E-state index is 12.0. The molecule has 21 heavy (non-hydrogen) atoms. The first-order valence-corrected chi connectivity index (χ1v) is 7.98. The van der Waals surface area contributed by atoms with E-state index in [1.807, 2.05) is 36.4 Å². The van der Waals surface area contributed by atoms with Crippen LogP contribution < -0.4 is 0 Å². The smallest absolute Gasteiger partial charge is 0.331 e. The minimum absolute atomic E-state index is 0.0778. The third kappa shape index (κ3) is 5.04. The summed E-state index contributed by atoms with van der Waals surface area (Å²) < 4.78 is 5.64. The molecule has 3 atom stereocenters. The predicted octanol–water partition coefficient (Wildman–Crippen LogP) is 4.70. The van der Waals surface area contributed by atoms with Crippen LogP contribution in [-0.2, 0) is 9.53 Å². The minimum Gasteiger partial charge on any atom is -0.459 e. The van der Waals surface area contributed by atoms with Gasteiger partial charge < -0.3 is 4.74 Å². The van der Waals surface area contributed by atoms with E-state index in [0.29, 0.717) is 17.8 Å². The summed E-state index contributed by atoms with van der Waals surface area (Å²) in [6, 6.07) is 9.83. The van der Waals surface area contributed by atoms with Crippen LogP contribution in [0.25, 0.3) is 6.08 Å². The van der Waals surface area contributed by atoms with E-state index in [0.717, 1.165) is 18.4 Å². The third-order valence-electron chi connectivity index (χ3n) is 4.37. The van der Waals surface area contributed by atoms with Gasteiger partial charge in [-0.05, 0) is 48.7 Å². The fraction of sp³-hybridized carbons (Fsp3) is 0.526. The highest BCUT2D eigenvalue weighted by atomic mass is 16.5. The molecule has 114 valence electrons. The van der Waals surface area contributed by atoms with Crippen molar-refractivity contribution in [3.05, 3.63) is 42.0 Å². The van der Waals surface area contributed by atoms with E-state index in [4.69, 9.17) is 4.74 Å². The molecule has 0 bridgehead atoms. The lowest BCUT2D eigenvalue weighted by molar-refractivity contribution is -0.146. The molecular formula is C19H26O2. The molecule has 0 spiro atoms. The van der Waals surface area contributed by atoms with E-state index in [-0.39, 0.29) is 12.1 Å². The largest absolute Gasteiger partial charge is 0.459 e. The lowest BCUT2D eigenvalue weighted by Crippen LogP contribution is -2.31. The molecule has 0 amide bonds. The Morgan fingerprint density at radius 2 is 1.90 bits per heavy atom. The van der Waals surface area contributed by atoms with Crippen molar-refractivity contribution in [1.82, 2.24) is 0 Å². The summed E-state index contributed by atoms with van der Waals surface area (Å²) >= 11 is 0. The summed E-state index contributed by atoms with van der Waals surface area (Å²) in [6.45, 7) is 6.78. The van der Waals surface area contributed by atoms with Crippen LogP contribution in [0.15, 0.2) is 36.4 Å². The Hall–Kier alpha value is -1.57. The van der Waals surface area contributed by atoms with Gasteiger partial charge in [0, 0.05) is 6.08 Å². The van der Waals surface area contributed by atoms with E-state index in [2.05, 4.69) is 20.8 Å². The molecule has 1 aliphatic carbocycles. The van der Waals surface area contributed by atoms with Crippen LogP contribution in [0.3, 0.4) is 0 Å². The van der Waals surface area contributed by atoms with Gasteiger partial charge >= 0.3 is 5.97 Å². The van der Waals surface area contributed by atoms with Gasteiger partial charge in [-0.15, -0.1) is 0 Å². The van der Waals surface area contributed by atoms with Crippen molar-refractivity contribution in [2.75, 3.05) is 0 Å². The van der Waals surface area contributed by atoms with Crippen LogP contribution in [0.4, 0.5) is 0 Å². The summed E-state index contributed by atoms with van der Waals surface area (Å²) in [5.74, 6) is 1.75. The van der Waals surface area contributed by atoms with Crippen molar-refractivity contribution in [1.29, 1.82) is 0 Å². The van der Waals surface area contributed by atoms with Gasteiger partial charge in [-0.2, -0.15) is 0 Å². The fourth-order valence-electron chi connectivity index (χ4n) is 3.16. The minimum atomic E-state index is -0.222. The number of benzene rings is 1. The Balaban J connectivity index is 1.88. The van der Waals surface area contributed by atoms with Crippen LogP contribution in [0.5, 0.6) is 0 Å². The summed E-state index contributed by atoms with van der Waals surface area (Å²) in [4.78, 5) is 12.0. The van der Waals surface area contributed by atoms with Crippen molar-refractivity contribution < 1.29 is 9.53 Å². The molecule has 0 N–H and O–H groups in total. The Labute approximate surface area is 128 Å². The standard InChI is InChI=1S/C19H26O2/c1-14(2)17-11-15(3)12-18(13-17)21-19(20)10-9-16-7-5-4-6-8-16/h4-10,14-15,17-18H,11-13H2,1-3H3/b10-9-/t15-,17+,18-/m0/s1. The van der Waals surface area contributed by atoms with Crippen molar-refractivity contribution in [3.8, 4) is 0 Å². The Kier molecular flexibility index (Phi) is 5.60. The number of rotatable bonds is 4. The zero-order valence-electron chi connectivity index (χ0n) is 13.3. The molecule has 0 unspecified atom stereocenters. The van der Waals surface area contributed by atoms with Gasteiger partial charge in [0.1, 0.15) is 6.10 Å². The van der Waals surface area contributed by atoms with Gasteiger partial charge in [0.2, 0.25) is 0 Å². The second kappa shape index (κ2) is 7.44. The summed E-state index contributed by atoms with van der Waals surface area (Å²) in [5.41, 5.74) is 1.02. The number of carbonyl (C=O) groups excluding carboxylic acids is 1. The van der Waals surface area contributed by atoms with Gasteiger partial charge in [0.25, 0.3) is 0 Å². The number of esters is 1. The monoisotopic (exact) mass is 286 g/mol. The van der Waals surface area contributed by atoms with E-state index >= 15 is 0 Å². The molecule has 1 aromatic rings. The van der Waals surface area contributed by atoms with Crippen LogP contribution in [0, 0.1) is 17.8 Å². The molecule has 1 saturated carbocycles. The fourth-order valence-corrected chi connectivity index (χ4v) is 3.16. The Morgan fingerprint density at radius 3 is 2.57 bits per heavy atom. The molecule has 0 saturated heterocycles.